The van der Waals surface area contributed by atoms with Gasteiger partial charge in [-0.05, 0) is 23.7 Å². The van der Waals surface area contributed by atoms with E-state index in [-0.39, 0.29) is 5.41 Å². The summed E-state index contributed by atoms with van der Waals surface area (Å²) < 4.78 is 0. The first kappa shape index (κ1) is 9.02. The van der Waals surface area contributed by atoms with Crippen LogP contribution in [-0.2, 0) is 0 Å². The van der Waals surface area contributed by atoms with Crippen LogP contribution in [0.1, 0.15) is 33.1 Å². The molecular formula is C11H18N2. The molecule has 1 aliphatic carbocycles. The first-order chi connectivity index (χ1) is 6.05. The first-order valence-corrected chi connectivity index (χ1v) is 5.15. The molecular weight excluding hydrogens is 160 g/mol. The highest BCUT2D eigenvalue weighted by Crippen LogP contribution is 2.53. The molecule has 1 spiro atoms. The molecule has 0 N–H and O–H groups in total. The molecule has 0 unspecified atom stereocenters. The SMILES string of the molecule is CC(C)(CC#N)CN1CC2(CC2)C1. The van der Waals surface area contributed by atoms with Gasteiger partial charge in [0.1, 0.15) is 0 Å². The lowest BCUT2D eigenvalue weighted by Gasteiger charge is -2.43. The minimum atomic E-state index is 0.186. The lowest BCUT2D eigenvalue weighted by Crippen LogP contribution is -2.51. The Kier molecular flexibility index (Phi) is 1.89. The van der Waals surface area contributed by atoms with Crippen LogP contribution < -0.4 is 0 Å². The van der Waals surface area contributed by atoms with E-state index in [1.165, 1.54) is 25.9 Å². The Hall–Kier alpha value is -0.550. The summed E-state index contributed by atoms with van der Waals surface area (Å²) in [6, 6.07) is 2.27. The van der Waals surface area contributed by atoms with E-state index in [0.717, 1.165) is 12.0 Å². The summed E-state index contributed by atoms with van der Waals surface area (Å²) in [7, 11) is 0. The summed E-state index contributed by atoms with van der Waals surface area (Å²) in [5, 5.41) is 8.65. The van der Waals surface area contributed by atoms with E-state index in [9.17, 15) is 0 Å². The van der Waals surface area contributed by atoms with Gasteiger partial charge in [0.15, 0.2) is 0 Å². The number of likely N-dealkylation sites (tertiary alicyclic amines) is 1. The molecule has 1 aliphatic heterocycles. The summed E-state index contributed by atoms with van der Waals surface area (Å²) >= 11 is 0. The molecule has 0 aromatic carbocycles. The molecule has 0 aromatic rings. The lowest BCUT2D eigenvalue weighted by atomic mass is 9.86. The average Bonchev–Trinajstić information content (AvgIpc) is 2.64. The van der Waals surface area contributed by atoms with E-state index >= 15 is 0 Å². The average molecular weight is 178 g/mol. The zero-order chi connectivity index (χ0) is 9.53. The number of rotatable bonds is 3. The minimum Gasteiger partial charge on any atom is -0.302 e. The van der Waals surface area contributed by atoms with Crippen molar-refractivity contribution >= 4 is 0 Å². The molecule has 2 heteroatoms. The Balaban J connectivity index is 1.76. The van der Waals surface area contributed by atoms with E-state index in [0.29, 0.717) is 6.42 Å². The van der Waals surface area contributed by atoms with Crippen molar-refractivity contribution in [1.29, 1.82) is 5.26 Å². The highest BCUT2D eigenvalue weighted by molar-refractivity contribution is 5.06. The van der Waals surface area contributed by atoms with Crippen molar-refractivity contribution < 1.29 is 0 Å². The summed E-state index contributed by atoms with van der Waals surface area (Å²) in [6.45, 7) is 8.06. The summed E-state index contributed by atoms with van der Waals surface area (Å²) in [4.78, 5) is 2.50. The Labute approximate surface area is 80.5 Å². The number of hydrogen-bond acceptors (Lipinski definition) is 2. The molecule has 2 nitrogen and oxygen atoms in total. The lowest BCUT2D eigenvalue weighted by molar-refractivity contribution is 0.0446. The van der Waals surface area contributed by atoms with Gasteiger partial charge in [0, 0.05) is 26.1 Å². The number of nitriles is 1. The highest BCUT2D eigenvalue weighted by atomic mass is 15.2. The topological polar surface area (TPSA) is 27.0 Å². The third kappa shape index (κ3) is 1.86. The van der Waals surface area contributed by atoms with Crippen LogP contribution >= 0.6 is 0 Å². The third-order valence-electron chi connectivity index (χ3n) is 3.28. The van der Waals surface area contributed by atoms with Crippen LogP contribution in [0.3, 0.4) is 0 Å². The maximum Gasteiger partial charge on any atom is 0.0627 e. The van der Waals surface area contributed by atoms with Crippen molar-refractivity contribution in [2.75, 3.05) is 19.6 Å². The van der Waals surface area contributed by atoms with Crippen LogP contribution in [-0.4, -0.2) is 24.5 Å². The molecule has 2 aliphatic rings. The molecule has 0 radical (unpaired) electrons. The van der Waals surface area contributed by atoms with Crippen LogP contribution in [0, 0.1) is 22.2 Å². The van der Waals surface area contributed by atoms with E-state index in [2.05, 4.69) is 24.8 Å². The first-order valence-electron chi connectivity index (χ1n) is 5.15. The standard InChI is InChI=1S/C11H18N2/c1-10(2,5-6-12)7-13-8-11(9-13)3-4-11/h3-5,7-9H2,1-2H3. The van der Waals surface area contributed by atoms with Gasteiger partial charge >= 0.3 is 0 Å². The van der Waals surface area contributed by atoms with Crippen LogP contribution in [0.5, 0.6) is 0 Å². The molecule has 0 aromatic heterocycles. The molecule has 0 amide bonds. The van der Waals surface area contributed by atoms with Crippen molar-refractivity contribution in [3.8, 4) is 6.07 Å². The zero-order valence-corrected chi connectivity index (χ0v) is 8.64. The van der Waals surface area contributed by atoms with Gasteiger partial charge in [-0.3, -0.25) is 0 Å². The molecule has 1 saturated heterocycles. The maximum atomic E-state index is 8.65. The normalized spacial score (nSPS) is 25.3. The largest absolute Gasteiger partial charge is 0.302 e. The second-order valence-corrected chi connectivity index (χ2v) is 5.64. The van der Waals surface area contributed by atoms with Gasteiger partial charge in [0.25, 0.3) is 0 Å². The quantitative estimate of drug-likeness (QED) is 0.661. The van der Waals surface area contributed by atoms with E-state index in [1.807, 2.05) is 0 Å². The monoisotopic (exact) mass is 178 g/mol. The Morgan fingerprint density at radius 3 is 2.46 bits per heavy atom. The van der Waals surface area contributed by atoms with Crippen LogP contribution in [0.4, 0.5) is 0 Å². The van der Waals surface area contributed by atoms with Gasteiger partial charge in [-0.25, -0.2) is 0 Å². The van der Waals surface area contributed by atoms with Crippen molar-refractivity contribution in [2.24, 2.45) is 10.8 Å². The molecule has 0 atom stereocenters. The summed E-state index contributed by atoms with van der Waals surface area (Å²) in [6.07, 6.45) is 3.57. The van der Waals surface area contributed by atoms with Gasteiger partial charge in [-0.2, -0.15) is 5.26 Å². The molecule has 1 heterocycles. The predicted molar refractivity (Wildman–Crippen MR) is 52.1 cm³/mol. The van der Waals surface area contributed by atoms with E-state index in [4.69, 9.17) is 5.26 Å². The minimum absolute atomic E-state index is 0.186. The van der Waals surface area contributed by atoms with Crippen LogP contribution in [0.25, 0.3) is 0 Å². The molecule has 13 heavy (non-hydrogen) atoms. The Morgan fingerprint density at radius 2 is 2.00 bits per heavy atom. The van der Waals surface area contributed by atoms with Gasteiger partial charge < -0.3 is 4.90 Å². The Morgan fingerprint density at radius 1 is 1.38 bits per heavy atom. The second-order valence-electron chi connectivity index (χ2n) is 5.64. The third-order valence-corrected chi connectivity index (χ3v) is 3.28. The van der Waals surface area contributed by atoms with Crippen molar-refractivity contribution in [1.82, 2.24) is 4.90 Å². The van der Waals surface area contributed by atoms with Crippen molar-refractivity contribution in [2.45, 2.75) is 33.1 Å². The fourth-order valence-electron chi connectivity index (χ4n) is 2.38. The van der Waals surface area contributed by atoms with Crippen molar-refractivity contribution in [3.63, 3.8) is 0 Å². The van der Waals surface area contributed by atoms with Crippen LogP contribution in [0.2, 0.25) is 0 Å². The molecule has 0 bridgehead atoms. The van der Waals surface area contributed by atoms with E-state index < -0.39 is 0 Å². The number of nitrogens with zero attached hydrogens (tertiary/aromatic N) is 2. The van der Waals surface area contributed by atoms with Crippen LogP contribution in [0.15, 0.2) is 0 Å². The molecule has 72 valence electrons. The highest BCUT2D eigenvalue weighted by Gasteiger charge is 2.52. The molecule has 1 saturated carbocycles. The summed E-state index contributed by atoms with van der Waals surface area (Å²) in [5.74, 6) is 0. The fourth-order valence-corrected chi connectivity index (χ4v) is 2.38. The Bertz CT molecular complexity index is 237. The zero-order valence-electron chi connectivity index (χ0n) is 8.64. The fraction of sp³-hybridized carbons (Fsp3) is 0.909. The maximum absolute atomic E-state index is 8.65. The second kappa shape index (κ2) is 2.72. The molecule has 2 fully saturated rings. The number of hydrogen-bond donors (Lipinski definition) is 0. The molecule has 2 rings (SSSR count). The van der Waals surface area contributed by atoms with Gasteiger partial charge in [0.2, 0.25) is 0 Å². The summed E-state index contributed by atoms with van der Waals surface area (Å²) in [5.41, 5.74) is 0.938. The van der Waals surface area contributed by atoms with Gasteiger partial charge in [-0.1, -0.05) is 13.8 Å². The van der Waals surface area contributed by atoms with Crippen molar-refractivity contribution in [3.05, 3.63) is 0 Å². The van der Waals surface area contributed by atoms with Gasteiger partial charge in [0.05, 0.1) is 6.07 Å². The van der Waals surface area contributed by atoms with Gasteiger partial charge in [-0.15, -0.1) is 0 Å². The predicted octanol–water partition coefficient (Wildman–Crippen LogP) is 2.02. The van der Waals surface area contributed by atoms with E-state index in [1.54, 1.807) is 0 Å². The smallest absolute Gasteiger partial charge is 0.0627 e.